The molecule has 1 saturated carbocycles. The second kappa shape index (κ2) is 9.36. The SMILES string of the molecule is COc1ccc(-c2noc(CCC(=O)NC3CCCCCCC3)n2)cc1. The summed E-state index contributed by atoms with van der Waals surface area (Å²) >= 11 is 0. The maximum Gasteiger partial charge on any atom is 0.227 e. The van der Waals surface area contributed by atoms with Gasteiger partial charge in [-0.05, 0) is 37.1 Å². The third-order valence-electron chi connectivity index (χ3n) is 4.85. The number of amides is 1. The largest absolute Gasteiger partial charge is 0.497 e. The lowest BCUT2D eigenvalue weighted by molar-refractivity contribution is -0.122. The maximum absolute atomic E-state index is 12.2. The Morgan fingerprint density at radius 1 is 1.15 bits per heavy atom. The summed E-state index contributed by atoms with van der Waals surface area (Å²) in [5, 5.41) is 7.17. The highest BCUT2D eigenvalue weighted by molar-refractivity contribution is 5.76. The van der Waals surface area contributed by atoms with Crippen LogP contribution in [-0.4, -0.2) is 29.2 Å². The molecule has 0 saturated heterocycles. The summed E-state index contributed by atoms with van der Waals surface area (Å²) in [7, 11) is 1.63. The Kier molecular flexibility index (Phi) is 6.63. The first-order valence-corrected chi connectivity index (χ1v) is 9.51. The summed E-state index contributed by atoms with van der Waals surface area (Å²) in [5.41, 5.74) is 0.861. The summed E-state index contributed by atoms with van der Waals surface area (Å²) in [4.78, 5) is 16.6. The molecule has 140 valence electrons. The summed E-state index contributed by atoms with van der Waals surface area (Å²) in [6, 6.07) is 7.80. The standard InChI is InChI=1S/C20H27N3O3/c1-25-17-11-9-15(10-12-17)20-22-19(26-23-20)14-13-18(24)21-16-7-5-3-2-4-6-8-16/h9-12,16H,2-8,13-14H2,1H3,(H,21,24). The zero-order valence-electron chi connectivity index (χ0n) is 15.4. The lowest BCUT2D eigenvalue weighted by Gasteiger charge is -2.20. The van der Waals surface area contributed by atoms with Gasteiger partial charge in [0.2, 0.25) is 17.6 Å². The molecule has 1 amide bonds. The molecule has 6 heteroatoms. The summed E-state index contributed by atoms with van der Waals surface area (Å²) in [6.45, 7) is 0. The number of hydrogen-bond donors (Lipinski definition) is 1. The number of nitrogens with zero attached hydrogens (tertiary/aromatic N) is 2. The van der Waals surface area contributed by atoms with Crippen molar-refractivity contribution >= 4 is 5.91 Å². The van der Waals surface area contributed by atoms with Crippen molar-refractivity contribution < 1.29 is 14.1 Å². The Bertz CT molecular complexity index is 689. The number of aryl methyl sites for hydroxylation is 1. The molecule has 26 heavy (non-hydrogen) atoms. The molecule has 0 aliphatic heterocycles. The van der Waals surface area contributed by atoms with Gasteiger partial charge in [0.25, 0.3) is 0 Å². The normalized spacial score (nSPS) is 15.9. The van der Waals surface area contributed by atoms with Crippen LogP contribution in [0.5, 0.6) is 5.75 Å². The molecular formula is C20H27N3O3. The fourth-order valence-corrected chi connectivity index (χ4v) is 3.33. The van der Waals surface area contributed by atoms with Crippen molar-refractivity contribution in [3.8, 4) is 17.1 Å². The third kappa shape index (κ3) is 5.31. The van der Waals surface area contributed by atoms with Gasteiger partial charge in [-0.2, -0.15) is 4.98 Å². The second-order valence-electron chi connectivity index (χ2n) is 6.85. The molecule has 3 rings (SSSR count). The number of rotatable bonds is 6. The lowest BCUT2D eigenvalue weighted by Crippen LogP contribution is -2.35. The van der Waals surface area contributed by atoms with Crippen LogP contribution < -0.4 is 10.1 Å². The van der Waals surface area contributed by atoms with E-state index in [1.165, 1.54) is 32.1 Å². The molecule has 1 aliphatic carbocycles. The molecule has 1 N–H and O–H groups in total. The van der Waals surface area contributed by atoms with Gasteiger partial charge in [0.05, 0.1) is 7.11 Å². The van der Waals surface area contributed by atoms with Gasteiger partial charge in [-0.25, -0.2) is 0 Å². The van der Waals surface area contributed by atoms with E-state index in [1.807, 2.05) is 24.3 Å². The number of nitrogens with one attached hydrogen (secondary N) is 1. The predicted molar refractivity (Wildman–Crippen MR) is 98.9 cm³/mol. The van der Waals surface area contributed by atoms with Crippen LogP contribution in [0.2, 0.25) is 0 Å². The number of benzene rings is 1. The molecule has 0 unspecified atom stereocenters. The van der Waals surface area contributed by atoms with Gasteiger partial charge in [-0.15, -0.1) is 0 Å². The van der Waals surface area contributed by atoms with Crippen LogP contribution in [0.4, 0.5) is 0 Å². The minimum Gasteiger partial charge on any atom is -0.497 e. The van der Waals surface area contributed by atoms with Crippen LogP contribution in [0.3, 0.4) is 0 Å². The maximum atomic E-state index is 12.2. The van der Waals surface area contributed by atoms with Gasteiger partial charge in [-0.3, -0.25) is 4.79 Å². The number of hydrogen-bond acceptors (Lipinski definition) is 5. The van der Waals surface area contributed by atoms with E-state index in [-0.39, 0.29) is 5.91 Å². The first-order valence-electron chi connectivity index (χ1n) is 9.51. The minimum absolute atomic E-state index is 0.0692. The van der Waals surface area contributed by atoms with Crippen molar-refractivity contribution in [3.05, 3.63) is 30.2 Å². The zero-order chi connectivity index (χ0) is 18.2. The van der Waals surface area contributed by atoms with Gasteiger partial charge < -0.3 is 14.6 Å². The van der Waals surface area contributed by atoms with Crippen molar-refractivity contribution in [1.82, 2.24) is 15.5 Å². The molecule has 1 aromatic carbocycles. The molecule has 2 aromatic rings. The van der Waals surface area contributed by atoms with E-state index in [2.05, 4.69) is 15.5 Å². The highest BCUT2D eigenvalue weighted by Crippen LogP contribution is 2.20. The number of aromatic nitrogens is 2. The molecule has 0 bridgehead atoms. The van der Waals surface area contributed by atoms with Gasteiger partial charge in [0.1, 0.15) is 5.75 Å². The van der Waals surface area contributed by atoms with E-state index in [0.717, 1.165) is 24.2 Å². The third-order valence-corrected chi connectivity index (χ3v) is 4.85. The van der Waals surface area contributed by atoms with Crippen molar-refractivity contribution in [3.63, 3.8) is 0 Å². The monoisotopic (exact) mass is 357 g/mol. The van der Waals surface area contributed by atoms with Crippen LogP contribution >= 0.6 is 0 Å². The molecule has 0 spiro atoms. The van der Waals surface area contributed by atoms with E-state index in [9.17, 15) is 4.79 Å². The number of carbonyl (C=O) groups excluding carboxylic acids is 1. The van der Waals surface area contributed by atoms with Crippen molar-refractivity contribution in [2.24, 2.45) is 0 Å². The molecule has 1 heterocycles. The van der Waals surface area contributed by atoms with Crippen molar-refractivity contribution in [1.29, 1.82) is 0 Å². The van der Waals surface area contributed by atoms with Crippen molar-refractivity contribution in [2.75, 3.05) is 7.11 Å². The van der Waals surface area contributed by atoms with E-state index in [0.29, 0.717) is 30.6 Å². The van der Waals surface area contributed by atoms with Crippen LogP contribution in [0.25, 0.3) is 11.4 Å². The van der Waals surface area contributed by atoms with Crippen LogP contribution in [-0.2, 0) is 11.2 Å². The van der Waals surface area contributed by atoms with E-state index >= 15 is 0 Å². The van der Waals surface area contributed by atoms with E-state index in [1.54, 1.807) is 7.11 Å². The average molecular weight is 357 g/mol. The van der Waals surface area contributed by atoms with Crippen molar-refractivity contribution in [2.45, 2.75) is 63.8 Å². The first kappa shape index (κ1) is 18.4. The van der Waals surface area contributed by atoms with Gasteiger partial charge >= 0.3 is 0 Å². The Hall–Kier alpha value is -2.37. The lowest BCUT2D eigenvalue weighted by atomic mass is 9.96. The summed E-state index contributed by atoms with van der Waals surface area (Å²) < 4.78 is 10.4. The average Bonchev–Trinajstić information content (AvgIpc) is 3.11. The topological polar surface area (TPSA) is 77.2 Å². The molecule has 1 aliphatic rings. The van der Waals surface area contributed by atoms with Gasteiger partial charge in [0, 0.05) is 24.4 Å². The summed E-state index contributed by atoms with van der Waals surface area (Å²) in [5.74, 6) is 1.87. The number of methoxy groups -OCH3 is 1. The first-order chi connectivity index (χ1) is 12.7. The fraction of sp³-hybridized carbons (Fsp3) is 0.550. The molecule has 0 radical (unpaired) electrons. The number of carbonyl (C=O) groups is 1. The Morgan fingerprint density at radius 3 is 2.54 bits per heavy atom. The van der Waals surface area contributed by atoms with E-state index in [4.69, 9.17) is 9.26 Å². The molecule has 1 fully saturated rings. The smallest absolute Gasteiger partial charge is 0.227 e. The Balaban J connectivity index is 1.48. The predicted octanol–water partition coefficient (Wildman–Crippen LogP) is 3.91. The quantitative estimate of drug-likeness (QED) is 0.848. The van der Waals surface area contributed by atoms with Gasteiger partial charge in [0.15, 0.2) is 0 Å². The zero-order valence-corrected chi connectivity index (χ0v) is 15.4. The minimum atomic E-state index is 0.0692. The molecular weight excluding hydrogens is 330 g/mol. The number of ether oxygens (including phenoxy) is 1. The highest BCUT2D eigenvalue weighted by atomic mass is 16.5. The van der Waals surface area contributed by atoms with E-state index < -0.39 is 0 Å². The highest BCUT2D eigenvalue weighted by Gasteiger charge is 2.15. The van der Waals surface area contributed by atoms with Crippen LogP contribution in [0.1, 0.15) is 57.3 Å². The van der Waals surface area contributed by atoms with Gasteiger partial charge in [-0.1, -0.05) is 37.3 Å². The molecule has 0 atom stereocenters. The van der Waals surface area contributed by atoms with Crippen LogP contribution in [0, 0.1) is 0 Å². The van der Waals surface area contributed by atoms with Crippen LogP contribution in [0.15, 0.2) is 28.8 Å². The molecule has 1 aromatic heterocycles. The summed E-state index contributed by atoms with van der Waals surface area (Å²) in [6.07, 6.45) is 9.32. The second-order valence-corrected chi connectivity index (χ2v) is 6.85. The Morgan fingerprint density at radius 2 is 1.85 bits per heavy atom. The fourth-order valence-electron chi connectivity index (χ4n) is 3.33. The Labute approximate surface area is 154 Å². The molecule has 6 nitrogen and oxygen atoms in total.